The van der Waals surface area contributed by atoms with Crippen LogP contribution in [0.2, 0.25) is 0 Å². The number of hydrogen-bond donors (Lipinski definition) is 1. The smallest absolute Gasteiger partial charge is 0.270 e. The standard InChI is InChI=1S/C10H11BrN2O3/c1-7(11)6-12-10(14)8-3-2-4-9(5-8)13(15)16/h2-5,7H,6H2,1H3,(H,12,14). The van der Waals surface area contributed by atoms with Gasteiger partial charge in [0.05, 0.1) is 4.92 Å². The zero-order chi connectivity index (χ0) is 12.1. The summed E-state index contributed by atoms with van der Waals surface area (Å²) in [6, 6.07) is 5.64. The third-order valence-corrected chi connectivity index (χ3v) is 2.19. The molecule has 1 atom stereocenters. The molecule has 86 valence electrons. The zero-order valence-electron chi connectivity index (χ0n) is 8.64. The van der Waals surface area contributed by atoms with Crippen molar-refractivity contribution in [3.05, 3.63) is 39.9 Å². The molecule has 6 heteroatoms. The molecular weight excluding hydrogens is 276 g/mol. The SMILES string of the molecule is CC(Br)CNC(=O)c1cccc([N+](=O)[O-])c1. The van der Waals surface area contributed by atoms with Gasteiger partial charge in [-0.3, -0.25) is 14.9 Å². The summed E-state index contributed by atoms with van der Waals surface area (Å²) < 4.78 is 0. The fraction of sp³-hybridized carbons (Fsp3) is 0.300. The number of nitro benzene ring substituents is 1. The number of carbonyl (C=O) groups is 1. The summed E-state index contributed by atoms with van der Waals surface area (Å²) in [5, 5.41) is 13.2. The lowest BCUT2D eigenvalue weighted by Crippen LogP contribution is -2.28. The van der Waals surface area contributed by atoms with Crippen LogP contribution < -0.4 is 5.32 Å². The van der Waals surface area contributed by atoms with Crippen LogP contribution in [0.4, 0.5) is 5.69 Å². The maximum absolute atomic E-state index is 11.6. The molecule has 5 nitrogen and oxygen atoms in total. The van der Waals surface area contributed by atoms with Crippen molar-refractivity contribution in [2.75, 3.05) is 6.54 Å². The first-order valence-electron chi connectivity index (χ1n) is 4.67. The number of non-ortho nitro benzene ring substituents is 1. The average Bonchev–Trinajstić information content (AvgIpc) is 2.26. The van der Waals surface area contributed by atoms with Gasteiger partial charge in [0.1, 0.15) is 0 Å². The summed E-state index contributed by atoms with van der Waals surface area (Å²) in [5.41, 5.74) is 0.210. The normalized spacial score (nSPS) is 11.9. The van der Waals surface area contributed by atoms with Gasteiger partial charge in [-0.25, -0.2) is 0 Å². The molecule has 1 rings (SSSR count). The summed E-state index contributed by atoms with van der Waals surface area (Å²) in [5.74, 6) is -0.310. The Morgan fingerprint density at radius 2 is 2.31 bits per heavy atom. The van der Waals surface area contributed by atoms with Crippen LogP contribution >= 0.6 is 15.9 Å². The number of nitrogens with zero attached hydrogens (tertiary/aromatic N) is 1. The number of nitrogens with one attached hydrogen (secondary N) is 1. The van der Waals surface area contributed by atoms with E-state index in [-0.39, 0.29) is 16.4 Å². The summed E-state index contributed by atoms with van der Waals surface area (Å²) >= 11 is 3.29. The first-order chi connectivity index (χ1) is 7.50. The zero-order valence-corrected chi connectivity index (χ0v) is 10.2. The maximum Gasteiger partial charge on any atom is 0.270 e. The summed E-state index contributed by atoms with van der Waals surface area (Å²) in [7, 11) is 0. The van der Waals surface area contributed by atoms with E-state index >= 15 is 0 Å². The van der Waals surface area contributed by atoms with E-state index in [1.807, 2.05) is 6.92 Å². The number of carbonyl (C=O) groups excluding carboxylic acids is 1. The first kappa shape index (κ1) is 12.6. The van der Waals surface area contributed by atoms with Crippen molar-refractivity contribution < 1.29 is 9.72 Å². The topological polar surface area (TPSA) is 72.2 Å². The van der Waals surface area contributed by atoms with Gasteiger partial charge in [0, 0.05) is 29.1 Å². The molecule has 16 heavy (non-hydrogen) atoms. The van der Waals surface area contributed by atoms with Crippen molar-refractivity contribution in [1.29, 1.82) is 0 Å². The van der Waals surface area contributed by atoms with Crippen molar-refractivity contribution in [3.8, 4) is 0 Å². The van der Waals surface area contributed by atoms with Gasteiger partial charge in [-0.15, -0.1) is 0 Å². The molecule has 0 saturated heterocycles. The van der Waals surface area contributed by atoms with E-state index in [1.165, 1.54) is 18.2 Å². The lowest BCUT2D eigenvalue weighted by Gasteiger charge is -2.06. The Kier molecular flexibility index (Phi) is 4.42. The Balaban J connectivity index is 2.76. The predicted octanol–water partition coefficient (Wildman–Crippen LogP) is 2.11. The number of halogens is 1. The van der Waals surface area contributed by atoms with Crippen molar-refractivity contribution in [2.24, 2.45) is 0 Å². The fourth-order valence-corrected chi connectivity index (χ4v) is 1.26. The highest BCUT2D eigenvalue weighted by Gasteiger charge is 2.11. The average molecular weight is 287 g/mol. The van der Waals surface area contributed by atoms with Crippen LogP contribution in [0.1, 0.15) is 17.3 Å². The Morgan fingerprint density at radius 3 is 2.88 bits per heavy atom. The minimum absolute atomic E-state index is 0.0838. The number of benzene rings is 1. The highest BCUT2D eigenvalue weighted by molar-refractivity contribution is 9.09. The molecule has 0 radical (unpaired) electrons. The largest absolute Gasteiger partial charge is 0.351 e. The third-order valence-electron chi connectivity index (χ3n) is 1.86. The predicted molar refractivity (Wildman–Crippen MR) is 63.8 cm³/mol. The molecule has 0 bridgehead atoms. The van der Waals surface area contributed by atoms with Crippen LogP contribution in [0.5, 0.6) is 0 Å². The number of rotatable bonds is 4. The molecule has 0 spiro atoms. The Hall–Kier alpha value is -1.43. The second-order valence-corrected chi connectivity index (χ2v) is 4.86. The molecule has 1 unspecified atom stereocenters. The molecule has 1 aromatic carbocycles. The van der Waals surface area contributed by atoms with E-state index in [1.54, 1.807) is 6.07 Å². The summed E-state index contributed by atoms with van der Waals surface area (Å²) in [6.07, 6.45) is 0. The molecule has 0 aliphatic carbocycles. The van der Waals surface area contributed by atoms with Crippen molar-refractivity contribution in [2.45, 2.75) is 11.8 Å². The van der Waals surface area contributed by atoms with E-state index in [9.17, 15) is 14.9 Å². The highest BCUT2D eigenvalue weighted by atomic mass is 79.9. The van der Waals surface area contributed by atoms with Crippen LogP contribution in [0.3, 0.4) is 0 Å². The minimum atomic E-state index is -0.524. The van der Waals surface area contributed by atoms with E-state index in [0.717, 1.165) is 0 Å². The highest BCUT2D eigenvalue weighted by Crippen LogP contribution is 2.12. The molecule has 1 aromatic rings. The number of nitro groups is 1. The fourth-order valence-electron chi connectivity index (χ4n) is 1.10. The number of hydrogen-bond acceptors (Lipinski definition) is 3. The molecule has 0 aliphatic heterocycles. The molecular formula is C10H11BrN2O3. The summed E-state index contributed by atoms with van der Waals surface area (Å²) in [6.45, 7) is 2.37. The molecule has 0 aliphatic rings. The van der Waals surface area contributed by atoms with Gasteiger partial charge in [-0.2, -0.15) is 0 Å². The first-order valence-corrected chi connectivity index (χ1v) is 5.59. The minimum Gasteiger partial charge on any atom is -0.351 e. The molecule has 1 N–H and O–H groups in total. The Bertz CT molecular complexity index is 407. The van der Waals surface area contributed by atoms with Gasteiger partial charge in [-0.1, -0.05) is 28.9 Å². The van der Waals surface area contributed by atoms with Crippen LogP contribution in [0, 0.1) is 10.1 Å². The number of amides is 1. The van der Waals surface area contributed by atoms with E-state index in [2.05, 4.69) is 21.2 Å². The van der Waals surface area contributed by atoms with Crippen LogP contribution in [-0.2, 0) is 0 Å². The van der Waals surface area contributed by atoms with Crippen LogP contribution in [0.25, 0.3) is 0 Å². The molecule has 1 amide bonds. The van der Waals surface area contributed by atoms with Gasteiger partial charge in [0.2, 0.25) is 0 Å². The summed E-state index contributed by atoms with van der Waals surface area (Å²) in [4.78, 5) is 21.7. The van der Waals surface area contributed by atoms with Gasteiger partial charge >= 0.3 is 0 Å². The molecule has 0 saturated carbocycles. The van der Waals surface area contributed by atoms with E-state index in [0.29, 0.717) is 12.1 Å². The van der Waals surface area contributed by atoms with Gasteiger partial charge in [0.15, 0.2) is 0 Å². The monoisotopic (exact) mass is 286 g/mol. The molecule has 0 fully saturated rings. The van der Waals surface area contributed by atoms with Gasteiger partial charge in [0.25, 0.3) is 11.6 Å². The second kappa shape index (κ2) is 5.60. The van der Waals surface area contributed by atoms with Crippen molar-refractivity contribution in [1.82, 2.24) is 5.32 Å². The van der Waals surface area contributed by atoms with Crippen LogP contribution in [-0.4, -0.2) is 22.2 Å². The van der Waals surface area contributed by atoms with Gasteiger partial charge in [-0.05, 0) is 6.07 Å². The van der Waals surface area contributed by atoms with Gasteiger partial charge < -0.3 is 5.32 Å². The second-order valence-electron chi connectivity index (χ2n) is 3.30. The van der Waals surface area contributed by atoms with Crippen molar-refractivity contribution in [3.63, 3.8) is 0 Å². The molecule has 0 heterocycles. The lowest BCUT2D eigenvalue weighted by molar-refractivity contribution is -0.384. The van der Waals surface area contributed by atoms with E-state index in [4.69, 9.17) is 0 Å². The molecule has 0 aromatic heterocycles. The van der Waals surface area contributed by atoms with Crippen LogP contribution in [0.15, 0.2) is 24.3 Å². The Labute approximate surface area is 101 Å². The maximum atomic E-state index is 11.6. The van der Waals surface area contributed by atoms with Crippen molar-refractivity contribution >= 4 is 27.5 Å². The van der Waals surface area contributed by atoms with E-state index < -0.39 is 4.92 Å². The Morgan fingerprint density at radius 1 is 1.62 bits per heavy atom. The number of alkyl halides is 1. The quantitative estimate of drug-likeness (QED) is 0.523. The third kappa shape index (κ3) is 3.62. The lowest BCUT2D eigenvalue weighted by atomic mass is 10.2.